The number of anilines is 2. The Kier molecular flexibility index (Phi) is 10.4. The van der Waals surface area contributed by atoms with Crippen molar-refractivity contribution < 1.29 is 42.9 Å². The van der Waals surface area contributed by atoms with E-state index < -0.39 is 52.7 Å². The van der Waals surface area contributed by atoms with E-state index >= 15 is 9.59 Å². The number of aromatic nitrogens is 1. The highest BCUT2D eigenvalue weighted by Gasteiger charge is 2.69. The zero-order valence-electron chi connectivity index (χ0n) is 35.2. The summed E-state index contributed by atoms with van der Waals surface area (Å²) in [5, 5.41) is 12.3. The Balaban J connectivity index is 1.09. The first-order valence-corrected chi connectivity index (χ1v) is 21.6. The van der Waals surface area contributed by atoms with Crippen LogP contribution in [0.5, 0.6) is 23.0 Å². The molecular formula is C50H40Cl2N4O9. The second-order valence-electron chi connectivity index (χ2n) is 16.4. The van der Waals surface area contributed by atoms with Gasteiger partial charge in [-0.2, -0.15) is 5.01 Å². The Labute approximate surface area is 382 Å². The molecule has 328 valence electrons. The lowest BCUT2D eigenvalue weighted by molar-refractivity contribution is -0.139. The van der Waals surface area contributed by atoms with E-state index in [1.165, 1.54) is 32.3 Å². The highest BCUT2D eigenvalue weighted by atomic mass is 35.5. The largest absolute Gasteiger partial charge is 0.502 e. The number of carbonyl (C=O) groups excluding carboxylic acids is 4. The fourth-order valence-corrected chi connectivity index (χ4v) is 10.8. The van der Waals surface area contributed by atoms with E-state index in [1.807, 2.05) is 36.4 Å². The predicted octanol–water partition coefficient (Wildman–Crippen LogP) is 9.27. The van der Waals surface area contributed by atoms with Crippen LogP contribution in [0.25, 0.3) is 28.6 Å². The van der Waals surface area contributed by atoms with Crippen molar-refractivity contribution in [3.63, 3.8) is 0 Å². The Morgan fingerprint density at radius 2 is 1.55 bits per heavy atom. The summed E-state index contributed by atoms with van der Waals surface area (Å²) in [6.45, 7) is 0. The lowest BCUT2D eigenvalue weighted by Crippen LogP contribution is -2.54. The topological polar surface area (TPSA) is 161 Å². The van der Waals surface area contributed by atoms with Crippen LogP contribution in [0.1, 0.15) is 24.0 Å². The van der Waals surface area contributed by atoms with Gasteiger partial charge in [-0.05, 0) is 109 Å². The van der Waals surface area contributed by atoms with Crippen molar-refractivity contribution in [2.75, 3.05) is 31.7 Å². The number of allylic oxidation sites excluding steroid dienone is 3. The van der Waals surface area contributed by atoms with E-state index in [4.69, 9.17) is 41.8 Å². The summed E-state index contributed by atoms with van der Waals surface area (Å²) >= 11 is 12.8. The summed E-state index contributed by atoms with van der Waals surface area (Å²) in [5.41, 5.74) is 5.98. The minimum atomic E-state index is -1.57. The molecule has 5 aromatic carbocycles. The van der Waals surface area contributed by atoms with Crippen molar-refractivity contribution >= 4 is 75.4 Å². The molecule has 2 N–H and O–H groups in total. The van der Waals surface area contributed by atoms with Gasteiger partial charge in [-0.25, -0.2) is 4.98 Å². The summed E-state index contributed by atoms with van der Waals surface area (Å²) in [5.74, 6) is -4.79. The van der Waals surface area contributed by atoms with Crippen LogP contribution < -0.4 is 24.5 Å². The zero-order chi connectivity index (χ0) is 45.3. The van der Waals surface area contributed by atoms with E-state index in [9.17, 15) is 14.7 Å². The zero-order valence-corrected chi connectivity index (χ0v) is 36.7. The molecule has 0 unspecified atom stereocenters. The molecule has 15 heteroatoms. The number of phenols is 1. The summed E-state index contributed by atoms with van der Waals surface area (Å²) in [7, 11) is 4.39. The van der Waals surface area contributed by atoms with Gasteiger partial charge in [0.1, 0.15) is 11.3 Å². The van der Waals surface area contributed by atoms with Crippen molar-refractivity contribution in [3.05, 3.63) is 142 Å². The van der Waals surface area contributed by atoms with E-state index in [0.29, 0.717) is 50.1 Å². The number of oxazole rings is 1. The number of rotatable bonds is 10. The molecule has 2 aliphatic carbocycles. The van der Waals surface area contributed by atoms with Crippen molar-refractivity contribution in [3.8, 4) is 34.5 Å². The normalized spacial score (nSPS) is 23.7. The number of nitrogens with zero attached hydrogens (tertiary/aromatic N) is 3. The van der Waals surface area contributed by atoms with Crippen molar-refractivity contribution in [1.82, 2.24) is 9.99 Å². The number of imide groups is 2. The quantitative estimate of drug-likeness (QED) is 0.0996. The first-order valence-electron chi connectivity index (χ1n) is 20.9. The van der Waals surface area contributed by atoms with Crippen molar-refractivity contribution in [2.45, 2.75) is 18.3 Å². The van der Waals surface area contributed by atoms with Gasteiger partial charge in [0.15, 0.2) is 17.1 Å². The first-order chi connectivity index (χ1) is 31.5. The van der Waals surface area contributed by atoms with Crippen LogP contribution >= 0.6 is 23.2 Å². The van der Waals surface area contributed by atoms with Crippen LogP contribution in [0.4, 0.5) is 11.4 Å². The third-order valence-electron chi connectivity index (χ3n) is 13.3. The number of amides is 4. The van der Waals surface area contributed by atoms with Gasteiger partial charge in [0.25, 0.3) is 11.8 Å². The van der Waals surface area contributed by atoms with E-state index in [2.05, 4.69) is 10.4 Å². The summed E-state index contributed by atoms with van der Waals surface area (Å²) in [6, 6.07) is 29.4. The van der Waals surface area contributed by atoms with Crippen LogP contribution in [0.15, 0.2) is 125 Å². The standard InChI is InChI=1S/C50H40Cl2N4O9/c1-62-31-16-11-28(12-17-31)50-35(20-8-26-22-41(63-2)44(57)42(23-26)64-3)32-18-19-33-43(34(32)25-36(50)47(59)56(49(50)61)54-38-21-13-29(51)24-37(38)52)48(60)55(46(33)58)30-14-9-27(10-15-30)45-53-39-6-4-5-7-40(39)65-45/h4-18,20-24,33-36,43,54,57H,19,25H2,1-3H3/t33-,34+,35-,36-,43-,50-/m0/s1. The van der Waals surface area contributed by atoms with Crippen molar-refractivity contribution in [1.29, 1.82) is 0 Å². The van der Waals surface area contributed by atoms with Gasteiger partial charge in [0.2, 0.25) is 23.5 Å². The van der Waals surface area contributed by atoms with Crippen LogP contribution in [0, 0.1) is 29.6 Å². The number of hydrogen-bond acceptors (Lipinski definition) is 11. The molecule has 0 bridgehead atoms. The molecule has 6 atom stereocenters. The van der Waals surface area contributed by atoms with Crippen LogP contribution in [0.3, 0.4) is 0 Å². The van der Waals surface area contributed by atoms with Crippen LogP contribution in [-0.4, -0.2) is 60.1 Å². The third kappa shape index (κ3) is 6.63. The second kappa shape index (κ2) is 16.2. The fraction of sp³-hybridized carbons (Fsp3) is 0.220. The number of aromatic hydroxyl groups is 1. The summed E-state index contributed by atoms with van der Waals surface area (Å²) in [6.07, 6.45) is 5.90. The maximum atomic E-state index is 15.6. The SMILES string of the molecule is COc1ccc([C@@]23C(=O)N(Nc4ccc(Cl)cc4Cl)C(=O)[C@@H]2C[C@@H]2C(=CC[C@@H]4C(=O)N(c5ccc(-c6nc7ccccc7o6)cc5)C(=O)[C@@H]42)[C@@H]3C=Cc2cc(OC)c(O)c(OC)c2)cc1. The summed E-state index contributed by atoms with van der Waals surface area (Å²) < 4.78 is 22.4. The second-order valence-corrected chi connectivity index (χ2v) is 17.3. The Bertz CT molecular complexity index is 2950. The average molecular weight is 912 g/mol. The van der Waals surface area contributed by atoms with Crippen LogP contribution in [0.2, 0.25) is 10.0 Å². The number of ether oxygens (including phenoxy) is 3. The van der Waals surface area contributed by atoms with Crippen molar-refractivity contribution in [2.24, 2.45) is 29.6 Å². The van der Waals surface area contributed by atoms with E-state index in [-0.39, 0.29) is 46.7 Å². The number of methoxy groups -OCH3 is 3. The smallest absolute Gasteiger partial charge is 0.260 e. The number of phenolic OH excluding ortho intramolecular Hbond substituents is 1. The van der Waals surface area contributed by atoms with Crippen LogP contribution in [-0.2, 0) is 24.6 Å². The molecule has 2 aliphatic heterocycles. The average Bonchev–Trinajstić information content (AvgIpc) is 3.94. The van der Waals surface area contributed by atoms with Gasteiger partial charge >= 0.3 is 0 Å². The first kappa shape index (κ1) is 41.9. The maximum absolute atomic E-state index is 15.6. The number of nitrogens with one attached hydrogen (secondary N) is 1. The molecule has 0 radical (unpaired) electrons. The molecule has 3 fully saturated rings. The van der Waals surface area contributed by atoms with Gasteiger partial charge in [-0.15, -0.1) is 0 Å². The van der Waals surface area contributed by atoms with E-state index in [1.54, 1.807) is 78.9 Å². The molecule has 0 spiro atoms. The molecule has 4 amide bonds. The monoisotopic (exact) mass is 910 g/mol. The fourth-order valence-electron chi connectivity index (χ4n) is 10.3. The molecule has 4 aliphatic rings. The Hall–Kier alpha value is -7.09. The number of para-hydroxylation sites is 2. The molecule has 1 saturated carbocycles. The van der Waals surface area contributed by atoms with Gasteiger partial charge in [-0.1, -0.05) is 71.3 Å². The summed E-state index contributed by atoms with van der Waals surface area (Å²) in [4.78, 5) is 65.9. The minimum absolute atomic E-state index is 0.0743. The highest BCUT2D eigenvalue weighted by Crippen LogP contribution is 2.62. The number of hydrogen-bond donors (Lipinski definition) is 2. The van der Waals surface area contributed by atoms with Gasteiger partial charge in [-0.3, -0.25) is 29.5 Å². The van der Waals surface area contributed by atoms with Gasteiger partial charge < -0.3 is 23.7 Å². The molecular weight excluding hydrogens is 871 g/mol. The molecule has 13 nitrogen and oxygen atoms in total. The molecule has 65 heavy (non-hydrogen) atoms. The maximum Gasteiger partial charge on any atom is 0.260 e. The molecule has 2 saturated heterocycles. The molecule has 6 aromatic rings. The number of carbonyl (C=O) groups is 4. The Morgan fingerprint density at radius 3 is 2.23 bits per heavy atom. The lowest BCUT2D eigenvalue weighted by Gasteiger charge is -2.49. The number of benzene rings is 5. The number of halogens is 2. The number of fused-ring (bicyclic) bond motifs is 5. The van der Waals surface area contributed by atoms with Gasteiger partial charge in [0.05, 0.1) is 60.9 Å². The van der Waals surface area contributed by atoms with E-state index in [0.717, 1.165) is 10.6 Å². The Morgan fingerprint density at radius 1 is 0.831 bits per heavy atom. The molecule has 3 heterocycles. The number of hydrazine groups is 1. The minimum Gasteiger partial charge on any atom is -0.502 e. The molecule has 10 rings (SSSR count). The predicted molar refractivity (Wildman–Crippen MR) is 244 cm³/mol. The molecule has 1 aromatic heterocycles. The third-order valence-corrected chi connectivity index (χ3v) is 13.8. The highest BCUT2D eigenvalue weighted by molar-refractivity contribution is 6.36. The lowest BCUT2D eigenvalue weighted by atomic mass is 9.50. The van der Waals surface area contributed by atoms with Gasteiger partial charge in [0, 0.05) is 16.5 Å².